The van der Waals surface area contributed by atoms with Crippen LogP contribution in [0.5, 0.6) is 0 Å². The van der Waals surface area contributed by atoms with Crippen LogP contribution in [-0.2, 0) is 13.2 Å². The van der Waals surface area contributed by atoms with Crippen LogP contribution in [0.15, 0.2) is 42.5 Å². The molecule has 4 heteroatoms. The van der Waals surface area contributed by atoms with E-state index in [2.05, 4.69) is 0 Å². The quantitative estimate of drug-likeness (QED) is 0.909. The van der Waals surface area contributed by atoms with Crippen molar-refractivity contribution in [2.24, 2.45) is 0 Å². The van der Waals surface area contributed by atoms with E-state index in [1.807, 2.05) is 43.1 Å². The van der Waals surface area contributed by atoms with Crippen molar-refractivity contribution in [3.05, 3.63) is 70.8 Å². The smallest absolute Gasteiger partial charge is 0.128 e. The fourth-order valence-corrected chi connectivity index (χ4v) is 2.25. The van der Waals surface area contributed by atoms with Crippen LogP contribution in [0, 0.1) is 11.6 Å². The third-order valence-electron chi connectivity index (χ3n) is 3.71. The van der Waals surface area contributed by atoms with Gasteiger partial charge in [0.25, 0.3) is 0 Å². The Balaban J connectivity index is 2.11. The molecule has 2 nitrogen and oxygen atoms in total. The van der Waals surface area contributed by atoms with Gasteiger partial charge >= 0.3 is 0 Å². The molecule has 0 radical (unpaired) electrons. The van der Waals surface area contributed by atoms with E-state index in [0.717, 1.165) is 23.3 Å². The molecule has 0 heterocycles. The van der Waals surface area contributed by atoms with Gasteiger partial charge in [0.15, 0.2) is 0 Å². The molecular weight excluding hydrogens is 272 g/mol. The molecular formula is C17H19F2NO. The van der Waals surface area contributed by atoms with Crippen LogP contribution in [0.4, 0.5) is 8.78 Å². The lowest BCUT2D eigenvalue weighted by Crippen LogP contribution is -2.22. The van der Waals surface area contributed by atoms with Gasteiger partial charge in [0.2, 0.25) is 0 Å². The van der Waals surface area contributed by atoms with E-state index in [9.17, 15) is 8.78 Å². The molecule has 0 aliphatic carbocycles. The molecule has 2 rings (SSSR count). The molecule has 0 saturated heterocycles. The zero-order valence-electron chi connectivity index (χ0n) is 12.2. The molecule has 2 aromatic carbocycles. The molecule has 0 amide bonds. The summed E-state index contributed by atoms with van der Waals surface area (Å²) in [7, 11) is 1.87. The van der Waals surface area contributed by atoms with E-state index in [4.69, 9.17) is 5.11 Å². The number of hydrogen-bond acceptors (Lipinski definition) is 2. The Bertz CT molecular complexity index is 598. The fraction of sp³-hybridized carbons (Fsp3) is 0.294. The molecule has 0 aliphatic rings. The zero-order chi connectivity index (χ0) is 15.4. The summed E-state index contributed by atoms with van der Waals surface area (Å²) < 4.78 is 27.1. The summed E-state index contributed by atoms with van der Waals surface area (Å²) in [6.07, 6.45) is 0. The van der Waals surface area contributed by atoms with Crippen LogP contribution in [-0.4, -0.2) is 17.1 Å². The van der Waals surface area contributed by atoms with Gasteiger partial charge in [-0.2, -0.15) is 0 Å². The van der Waals surface area contributed by atoms with Crippen molar-refractivity contribution in [3.8, 4) is 0 Å². The first-order valence-electron chi connectivity index (χ1n) is 6.85. The number of aliphatic hydroxyl groups excluding tert-OH is 1. The van der Waals surface area contributed by atoms with Gasteiger partial charge in [-0.1, -0.05) is 24.3 Å². The summed E-state index contributed by atoms with van der Waals surface area (Å²) in [6, 6.07) is 10.9. The van der Waals surface area contributed by atoms with Crippen LogP contribution >= 0.6 is 0 Å². The summed E-state index contributed by atoms with van der Waals surface area (Å²) in [4.78, 5) is 1.95. The van der Waals surface area contributed by atoms with Gasteiger partial charge in [-0.05, 0) is 43.3 Å². The number of halogens is 2. The second-order valence-electron chi connectivity index (χ2n) is 5.23. The molecule has 112 valence electrons. The minimum absolute atomic E-state index is 0.0149. The van der Waals surface area contributed by atoms with Crippen LogP contribution in [0.3, 0.4) is 0 Å². The Kier molecular flexibility index (Phi) is 5.04. The molecule has 0 bridgehead atoms. The maximum atomic E-state index is 13.8. The second-order valence-corrected chi connectivity index (χ2v) is 5.23. The molecule has 0 saturated carbocycles. The van der Waals surface area contributed by atoms with E-state index in [1.165, 1.54) is 6.07 Å². The monoisotopic (exact) mass is 291 g/mol. The van der Waals surface area contributed by atoms with Crippen LogP contribution in [0.1, 0.15) is 29.7 Å². The first-order chi connectivity index (χ1) is 10.0. The zero-order valence-corrected chi connectivity index (χ0v) is 12.2. The second kappa shape index (κ2) is 6.78. The highest BCUT2D eigenvalue weighted by Gasteiger charge is 2.16. The van der Waals surface area contributed by atoms with Gasteiger partial charge in [-0.25, -0.2) is 8.78 Å². The number of aliphatic hydroxyl groups is 1. The maximum Gasteiger partial charge on any atom is 0.128 e. The molecule has 0 spiro atoms. The minimum Gasteiger partial charge on any atom is -0.392 e. The first-order valence-corrected chi connectivity index (χ1v) is 6.85. The molecule has 0 fully saturated rings. The number of nitrogens with zero attached hydrogens (tertiary/aromatic N) is 1. The third kappa shape index (κ3) is 3.86. The highest BCUT2D eigenvalue weighted by molar-refractivity contribution is 5.24. The summed E-state index contributed by atoms with van der Waals surface area (Å²) in [6.45, 7) is 2.48. The SMILES string of the molecule is CC(c1cc(F)ccc1F)N(C)Cc1ccc(CO)cc1. The lowest BCUT2D eigenvalue weighted by molar-refractivity contribution is 0.247. The highest BCUT2D eigenvalue weighted by Crippen LogP contribution is 2.24. The topological polar surface area (TPSA) is 23.5 Å². The highest BCUT2D eigenvalue weighted by atomic mass is 19.1. The molecule has 1 atom stereocenters. The van der Waals surface area contributed by atoms with Crippen molar-refractivity contribution in [2.45, 2.75) is 26.1 Å². The Hall–Kier alpha value is -1.78. The van der Waals surface area contributed by atoms with E-state index in [1.54, 1.807) is 0 Å². The Morgan fingerprint density at radius 3 is 2.29 bits per heavy atom. The largest absolute Gasteiger partial charge is 0.392 e. The summed E-state index contributed by atoms with van der Waals surface area (Å²) in [5, 5.41) is 9.02. The van der Waals surface area contributed by atoms with Crippen molar-refractivity contribution in [3.63, 3.8) is 0 Å². The molecule has 2 aromatic rings. The van der Waals surface area contributed by atoms with E-state index in [0.29, 0.717) is 12.1 Å². The summed E-state index contributed by atoms with van der Waals surface area (Å²) >= 11 is 0. The van der Waals surface area contributed by atoms with E-state index >= 15 is 0 Å². The van der Waals surface area contributed by atoms with Crippen LogP contribution in [0.2, 0.25) is 0 Å². The average molecular weight is 291 g/mol. The molecule has 21 heavy (non-hydrogen) atoms. The summed E-state index contributed by atoms with van der Waals surface area (Å²) in [5.41, 5.74) is 2.26. The number of benzene rings is 2. The van der Waals surface area contributed by atoms with Crippen molar-refractivity contribution in [2.75, 3.05) is 7.05 Å². The Morgan fingerprint density at radius 2 is 1.67 bits per heavy atom. The number of hydrogen-bond donors (Lipinski definition) is 1. The number of rotatable bonds is 5. The first kappa shape index (κ1) is 15.6. The van der Waals surface area contributed by atoms with E-state index in [-0.39, 0.29) is 12.6 Å². The Morgan fingerprint density at radius 1 is 1.05 bits per heavy atom. The van der Waals surface area contributed by atoms with Crippen molar-refractivity contribution in [1.82, 2.24) is 4.90 Å². The van der Waals surface area contributed by atoms with Crippen molar-refractivity contribution < 1.29 is 13.9 Å². The minimum atomic E-state index is -0.432. The predicted octanol–water partition coefficient (Wildman–Crippen LogP) is 3.65. The standard InChI is InChI=1S/C17H19F2NO/c1-12(16-9-15(18)7-8-17(16)19)20(2)10-13-3-5-14(11-21)6-4-13/h3-9,12,21H,10-11H2,1-2H3. The molecule has 1 N–H and O–H groups in total. The molecule has 0 aliphatic heterocycles. The van der Waals surface area contributed by atoms with Crippen LogP contribution < -0.4 is 0 Å². The van der Waals surface area contributed by atoms with Gasteiger partial charge in [-0.15, -0.1) is 0 Å². The third-order valence-corrected chi connectivity index (χ3v) is 3.71. The van der Waals surface area contributed by atoms with E-state index < -0.39 is 11.6 Å². The van der Waals surface area contributed by atoms with Gasteiger partial charge in [0.1, 0.15) is 11.6 Å². The fourth-order valence-electron chi connectivity index (χ4n) is 2.25. The van der Waals surface area contributed by atoms with Crippen LogP contribution in [0.25, 0.3) is 0 Å². The molecule has 1 unspecified atom stereocenters. The lowest BCUT2D eigenvalue weighted by atomic mass is 10.1. The van der Waals surface area contributed by atoms with Crippen molar-refractivity contribution in [1.29, 1.82) is 0 Å². The van der Waals surface area contributed by atoms with Gasteiger partial charge in [0.05, 0.1) is 6.61 Å². The lowest BCUT2D eigenvalue weighted by Gasteiger charge is -2.25. The maximum absolute atomic E-state index is 13.8. The molecule has 0 aromatic heterocycles. The van der Waals surface area contributed by atoms with Gasteiger partial charge in [-0.3, -0.25) is 4.90 Å². The Labute approximate surface area is 123 Å². The normalized spacial score (nSPS) is 12.7. The van der Waals surface area contributed by atoms with Gasteiger partial charge < -0.3 is 5.11 Å². The summed E-state index contributed by atoms with van der Waals surface area (Å²) in [5.74, 6) is -0.828. The predicted molar refractivity (Wildman–Crippen MR) is 78.6 cm³/mol. The average Bonchev–Trinajstić information content (AvgIpc) is 2.49. The van der Waals surface area contributed by atoms with Crippen molar-refractivity contribution >= 4 is 0 Å². The van der Waals surface area contributed by atoms with Gasteiger partial charge in [0, 0.05) is 18.2 Å².